The summed E-state index contributed by atoms with van der Waals surface area (Å²) in [7, 11) is 0. The summed E-state index contributed by atoms with van der Waals surface area (Å²) in [4.78, 5) is 28.4. The van der Waals surface area contributed by atoms with E-state index in [9.17, 15) is 35.9 Å². The van der Waals surface area contributed by atoms with Crippen molar-refractivity contribution in [1.82, 2.24) is 0 Å². The molecule has 0 fully saturated rings. The van der Waals surface area contributed by atoms with Gasteiger partial charge < -0.3 is 0 Å². The Bertz CT molecular complexity index is 874. The van der Waals surface area contributed by atoms with Crippen LogP contribution < -0.4 is 0 Å². The molecule has 0 unspecified atom stereocenters. The van der Waals surface area contributed by atoms with E-state index in [0.717, 1.165) is 6.20 Å². The van der Waals surface area contributed by atoms with Crippen LogP contribution in [-0.4, -0.2) is 29.6 Å². The van der Waals surface area contributed by atoms with Crippen molar-refractivity contribution in [2.45, 2.75) is 53.9 Å². The summed E-state index contributed by atoms with van der Waals surface area (Å²) in [6.45, 7) is 10.9. The van der Waals surface area contributed by atoms with Crippen LogP contribution in [0, 0.1) is 10.8 Å². The lowest BCUT2D eigenvalue weighted by atomic mass is 9.72. The summed E-state index contributed by atoms with van der Waals surface area (Å²) >= 11 is 0. The molecule has 9 heteroatoms. The van der Waals surface area contributed by atoms with Crippen molar-refractivity contribution < 1.29 is 35.9 Å². The highest BCUT2D eigenvalue weighted by Crippen LogP contribution is 2.39. The molecule has 0 aromatic rings. The van der Waals surface area contributed by atoms with E-state index in [4.69, 9.17) is 0 Å². The van der Waals surface area contributed by atoms with E-state index < -0.39 is 45.8 Å². The van der Waals surface area contributed by atoms with E-state index in [1.165, 1.54) is 12.2 Å². The Morgan fingerprint density at radius 2 is 0.969 bits per heavy atom. The van der Waals surface area contributed by atoms with Crippen LogP contribution in [0.1, 0.15) is 41.5 Å². The van der Waals surface area contributed by atoms with Gasteiger partial charge in [0.15, 0.2) is 5.78 Å². The molecule has 2 aliphatic carbocycles. The van der Waals surface area contributed by atoms with E-state index in [1.54, 1.807) is 0 Å². The van der Waals surface area contributed by atoms with Gasteiger partial charge in [0.05, 0.1) is 5.71 Å². The zero-order chi connectivity index (χ0) is 24.9. The van der Waals surface area contributed by atoms with Gasteiger partial charge in [-0.05, 0) is 40.7 Å². The average molecular weight is 459 g/mol. The first-order valence-corrected chi connectivity index (χ1v) is 9.62. The number of carbonyl (C=O) groups is 2. The van der Waals surface area contributed by atoms with Gasteiger partial charge in [0.2, 0.25) is 5.78 Å². The zero-order valence-electron chi connectivity index (χ0n) is 18.4. The van der Waals surface area contributed by atoms with Crippen LogP contribution in [0.2, 0.25) is 0 Å². The Kier molecular flexibility index (Phi) is 6.39. The van der Waals surface area contributed by atoms with Crippen molar-refractivity contribution in [2.75, 3.05) is 0 Å². The smallest absolute Gasteiger partial charge is 0.289 e. The molecular weight excluding hydrogens is 436 g/mol. The lowest BCUT2D eigenvalue weighted by Crippen LogP contribution is -2.31. The highest BCUT2D eigenvalue weighted by molar-refractivity contribution is 6.23. The summed E-state index contributed by atoms with van der Waals surface area (Å²) in [6.07, 6.45) is -5.87. The van der Waals surface area contributed by atoms with Gasteiger partial charge in [-0.3, -0.25) is 14.6 Å². The van der Waals surface area contributed by atoms with Crippen LogP contribution in [0.15, 0.2) is 63.4 Å². The van der Waals surface area contributed by atoms with Crippen molar-refractivity contribution in [3.63, 3.8) is 0 Å². The summed E-state index contributed by atoms with van der Waals surface area (Å²) in [5.74, 6) is -2.33. The minimum atomic E-state index is -5.27. The summed E-state index contributed by atoms with van der Waals surface area (Å²) in [5, 5.41) is 0. The molecule has 0 saturated carbocycles. The number of Topliss-reactive ketones (excluding diaryl/α,β-unsaturated/α-hetero) is 2. The van der Waals surface area contributed by atoms with Gasteiger partial charge in [-0.15, -0.1) is 0 Å². The van der Waals surface area contributed by atoms with Crippen molar-refractivity contribution >= 4 is 17.3 Å². The maximum Gasteiger partial charge on any atom is 0.420 e. The third kappa shape index (κ3) is 5.55. The Morgan fingerprint density at radius 1 is 0.625 bits per heavy atom. The highest BCUT2D eigenvalue weighted by Gasteiger charge is 2.48. The molecule has 0 heterocycles. The number of alkyl halides is 6. The van der Waals surface area contributed by atoms with E-state index in [-0.39, 0.29) is 17.9 Å². The number of ketones is 2. The predicted molar refractivity (Wildman–Crippen MR) is 109 cm³/mol. The molecule has 32 heavy (non-hydrogen) atoms. The van der Waals surface area contributed by atoms with E-state index in [1.807, 2.05) is 41.5 Å². The van der Waals surface area contributed by atoms with Gasteiger partial charge in [0.1, 0.15) is 11.1 Å². The fourth-order valence-electron chi connectivity index (χ4n) is 3.10. The largest absolute Gasteiger partial charge is 0.420 e. The quantitative estimate of drug-likeness (QED) is 0.337. The number of hydrogen-bond donors (Lipinski definition) is 0. The van der Waals surface area contributed by atoms with E-state index >= 15 is 0 Å². The van der Waals surface area contributed by atoms with E-state index in [0.29, 0.717) is 16.7 Å². The van der Waals surface area contributed by atoms with Crippen LogP contribution in [0.3, 0.4) is 0 Å². The molecular formula is C23H23F6NO2. The first kappa shape index (κ1) is 25.5. The minimum Gasteiger partial charge on any atom is -0.289 e. The maximum atomic E-state index is 13.1. The lowest BCUT2D eigenvalue weighted by molar-refractivity contribution is -0.135. The molecule has 0 aromatic heterocycles. The van der Waals surface area contributed by atoms with Gasteiger partial charge in [0.25, 0.3) is 0 Å². The van der Waals surface area contributed by atoms with Crippen LogP contribution in [0.25, 0.3) is 0 Å². The number of nitrogens with zero attached hydrogens (tertiary/aromatic N) is 1. The fourth-order valence-corrected chi connectivity index (χ4v) is 3.10. The second kappa shape index (κ2) is 8.01. The third-order valence-corrected chi connectivity index (χ3v) is 4.77. The van der Waals surface area contributed by atoms with Gasteiger partial charge in [-0.25, -0.2) is 0 Å². The minimum absolute atomic E-state index is 0.184. The van der Waals surface area contributed by atoms with Crippen molar-refractivity contribution in [1.29, 1.82) is 0 Å². The normalized spacial score (nSPS) is 18.8. The average Bonchev–Trinajstić information content (AvgIpc) is 2.57. The Labute approximate surface area is 182 Å². The summed E-state index contributed by atoms with van der Waals surface area (Å²) in [5.41, 5.74) is -4.46. The van der Waals surface area contributed by atoms with E-state index in [2.05, 4.69) is 4.99 Å². The van der Waals surface area contributed by atoms with Crippen LogP contribution in [0.4, 0.5) is 26.3 Å². The maximum absolute atomic E-state index is 13.1. The first-order chi connectivity index (χ1) is 14.2. The standard InChI is InChI=1S/C23H23F6NO2/c1-20(2,3)14-7-12(8-15(18(14)31)21(4,5)6)11-30-13-9-16(22(24,25)26)19(32)17(10-13)23(27,28)29/h7-11H,1-6H3. The Balaban J connectivity index is 2.67. The molecule has 0 radical (unpaired) electrons. The molecule has 0 N–H and O–H groups in total. The first-order valence-electron chi connectivity index (χ1n) is 9.62. The molecule has 2 aliphatic rings. The molecule has 0 spiro atoms. The predicted octanol–water partition coefficient (Wildman–Crippen LogP) is 6.40. The highest BCUT2D eigenvalue weighted by atomic mass is 19.4. The monoisotopic (exact) mass is 459 g/mol. The molecule has 3 nitrogen and oxygen atoms in total. The topological polar surface area (TPSA) is 46.5 Å². The van der Waals surface area contributed by atoms with Crippen LogP contribution >= 0.6 is 0 Å². The zero-order valence-corrected chi connectivity index (χ0v) is 18.4. The van der Waals surface area contributed by atoms with Crippen molar-refractivity contribution in [3.8, 4) is 0 Å². The Hall–Kier alpha value is -2.71. The second-order valence-corrected chi connectivity index (χ2v) is 9.57. The van der Waals surface area contributed by atoms with Crippen molar-refractivity contribution in [2.24, 2.45) is 15.8 Å². The van der Waals surface area contributed by atoms with Crippen LogP contribution in [0.5, 0.6) is 0 Å². The molecule has 0 saturated heterocycles. The van der Waals surface area contributed by atoms with Crippen LogP contribution in [-0.2, 0) is 9.59 Å². The third-order valence-electron chi connectivity index (χ3n) is 4.77. The number of rotatable bonds is 1. The molecule has 0 bridgehead atoms. The van der Waals surface area contributed by atoms with Crippen molar-refractivity contribution in [3.05, 3.63) is 58.4 Å². The molecule has 0 atom stereocenters. The number of aliphatic imine (C=N–C) groups is 1. The number of halogens is 6. The summed E-state index contributed by atoms with van der Waals surface area (Å²) in [6, 6.07) is 0. The second-order valence-electron chi connectivity index (χ2n) is 9.57. The molecule has 0 aromatic carbocycles. The Morgan fingerprint density at radius 3 is 1.28 bits per heavy atom. The number of carbonyl (C=O) groups excluding carboxylic acids is 2. The molecule has 2 rings (SSSR count). The van der Waals surface area contributed by atoms with Gasteiger partial charge >= 0.3 is 12.4 Å². The molecule has 0 amide bonds. The lowest BCUT2D eigenvalue weighted by Gasteiger charge is -2.31. The fraction of sp³-hybridized carbons (Fsp3) is 0.435. The molecule has 0 aliphatic heterocycles. The van der Waals surface area contributed by atoms with Gasteiger partial charge in [-0.1, -0.05) is 41.5 Å². The molecule has 174 valence electrons. The SMILES string of the molecule is CC(C)(C)C1=CC(=CN=C2C=C(C(F)(F)F)C(=O)C(C(F)(F)F)=C2)C=C(C(C)(C)C)C1=O. The van der Waals surface area contributed by atoms with Gasteiger partial charge in [0, 0.05) is 17.3 Å². The number of allylic oxidation sites excluding steroid dienone is 9. The van der Waals surface area contributed by atoms with Gasteiger partial charge in [-0.2, -0.15) is 26.3 Å². The summed E-state index contributed by atoms with van der Waals surface area (Å²) < 4.78 is 78.7. The number of hydrogen-bond acceptors (Lipinski definition) is 3.